The van der Waals surface area contributed by atoms with Crippen molar-refractivity contribution >= 4 is 27.7 Å². The van der Waals surface area contributed by atoms with E-state index in [2.05, 4.69) is 45.2 Å². The average molecular weight is 236 g/mol. The van der Waals surface area contributed by atoms with Crippen LogP contribution in [-0.2, 0) is 0 Å². The second-order valence-corrected chi connectivity index (χ2v) is 3.95. The molecule has 1 aromatic rings. The molecule has 0 radical (unpaired) electrons. The van der Waals surface area contributed by atoms with Crippen LogP contribution in [0.15, 0.2) is 39.9 Å². The highest BCUT2D eigenvalue weighted by Gasteiger charge is 2.02. The highest BCUT2D eigenvalue weighted by Crippen LogP contribution is 2.23. The fraction of sp³-hybridized carbons (Fsp3) is 0.182. The van der Waals surface area contributed by atoms with E-state index in [4.69, 9.17) is 0 Å². The first kappa shape index (κ1) is 8.70. The molecule has 0 saturated carbocycles. The van der Waals surface area contributed by atoms with E-state index in [0.717, 1.165) is 17.3 Å². The van der Waals surface area contributed by atoms with Gasteiger partial charge in [0.05, 0.1) is 0 Å². The molecule has 1 heterocycles. The van der Waals surface area contributed by atoms with Gasteiger partial charge in [0.2, 0.25) is 0 Å². The molecule has 0 atom stereocenters. The van der Waals surface area contributed by atoms with Gasteiger partial charge in [0, 0.05) is 16.9 Å². The van der Waals surface area contributed by atoms with Crippen LogP contribution in [-0.4, -0.2) is 6.21 Å². The molecule has 1 aliphatic heterocycles. The highest BCUT2D eigenvalue weighted by molar-refractivity contribution is 9.10. The molecule has 1 nitrogen and oxygen atoms in total. The predicted molar refractivity (Wildman–Crippen MR) is 59.8 cm³/mol. The second-order valence-electron chi connectivity index (χ2n) is 3.03. The van der Waals surface area contributed by atoms with E-state index >= 15 is 0 Å². The molecule has 0 N–H and O–H groups in total. The second kappa shape index (κ2) is 3.88. The number of halogens is 1. The minimum absolute atomic E-state index is 1.06. The maximum absolute atomic E-state index is 4.16. The van der Waals surface area contributed by atoms with Crippen LogP contribution < -0.4 is 0 Å². The number of allylic oxidation sites excluding steroid dienone is 1. The molecular weight excluding hydrogens is 226 g/mol. The van der Waals surface area contributed by atoms with Crippen molar-refractivity contribution < 1.29 is 0 Å². The number of rotatable bonds is 1. The van der Waals surface area contributed by atoms with E-state index in [1.165, 1.54) is 11.1 Å². The van der Waals surface area contributed by atoms with E-state index in [-0.39, 0.29) is 0 Å². The number of hydrogen-bond donors (Lipinski definition) is 0. The Kier molecular flexibility index (Phi) is 2.60. The van der Waals surface area contributed by atoms with Gasteiger partial charge in [-0.25, -0.2) is 0 Å². The van der Waals surface area contributed by atoms with Gasteiger partial charge in [-0.15, -0.1) is 0 Å². The zero-order valence-corrected chi connectivity index (χ0v) is 8.79. The number of aliphatic imine (C=N–C) groups is 1. The Hall–Kier alpha value is -0.890. The van der Waals surface area contributed by atoms with Crippen molar-refractivity contribution in [2.75, 3.05) is 0 Å². The van der Waals surface area contributed by atoms with E-state index < -0.39 is 0 Å². The van der Waals surface area contributed by atoms with Crippen molar-refractivity contribution in [3.8, 4) is 0 Å². The summed E-state index contributed by atoms with van der Waals surface area (Å²) in [5.41, 5.74) is 2.61. The largest absolute Gasteiger partial charge is 0.269 e. The van der Waals surface area contributed by atoms with Crippen molar-refractivity contribution in [1.29, 1.82) is 0 Å². The molecule has 1 aromatic carbocycles. The first-order valence-electron chi connectivity index (χ1n) is 4.33. The number of benzene rings is 1. The Morgan fingerprint density at radius 3 is 2.54 bits per heavy atom. The van der Waals surface area contributed by atoms with Crippen LogP contribution in [0.5, 0.6) is 0 Å². The van der Waals surface area contributed by atoms with Crippen LogP contribution in [0.1, 0.15) is 18.4 Å². The average Bonchev–Trinajstić information content (AvgIpc) is 2.20. The summed E-state index contributed by atoms with van der Waals surface area (Å²) in [6.07, 6.45) is 6.07. The molecule has 0 spiro atoms. The summed E-state index contributed by atoms with van der Waals surface area (Å²) in [5.74, 6) is 0. The zero-order valence-electron chi connectivity index (χ0n) is 7.20. The topological polar surface area (TPSA) is 12.4 Å². The van der Waals surface area contributed by atoms with Crippen molar-refractivity contribution in [3.63, 3.8) is 0 Å². The van der Waals surface area contributed by atoms with E-state index in [0.29, 0.717) is 0 Å². The van der Waals surface area contributed by atoms with Crippen LogP contribution >= 0.6 is 15.9 Å². The smallest absolute Gasteiger partial charge is 0.0302 e. The lowest BCUT2D eigenvalue weighted by atomic mass is 10.0. The van der Waals surface area contributed by atoms with Crippen LogP contribution in [0.2, 0.25) is 0 Å². The monoisotopic (exact) mass is 235 g/mol. The summed E-state index contributed by atoms with van der Waals surface area (Å²) < 4.78 is 1.12. The fourth-order valence-corrected chi connectivity index (χ4v) is 1.65. The van der Waals surface area contributed by atoms with Crippen LogP contribution in [0.4, 0.5) is 0 Å². The van der Waals surface area contributed by atoms with Crippen molar-refractivity contribution in [1.82, 2.24) is 0 Å². The van der Waals surface area contributed by atoms with E-state index in [9.17, 15) is 0 Å². The lowest BCUT2D eigenvalue weighted by Gasteiger charge is -2.07. The lowest BCUT2D eigenvalue weighted by molar-refractivity contribution is 1.10. The maximum Gasteiger partial charge on any atom is 0.0302 e. The molecule has 2 heteroatoms. The molecule has 0 aliphatic carbocycles. The molecular formula is C11H10BrN. The van der Waals surface area contributed by atoms with Gasteiger partial charge in [-0.3, -0.25) is 4.99 Å². The van der Waals surface area contributed by atoms with Crippen molar-refractivity contribution in [2.45, 2.75) is 12.8 Å². The van der Waals surface area contributed by atoms with Gasteiger partial charge >= 0.3 is 0 Å². The molecule has 1 aliphatic rings. The van der Waals surface area contributed by atoms with Gasteiger partial charge in [-0.05, 0) is 36.1 Å². The summed E-state index contributed by atoms with van der Waals surface area (Å²) in [7, 11) is 0. The molecule has 2 rings (SSSR count). The highest BCUT2D eigenvalue weighted by atomic mass is 79.9. The maximum atomic E-state index is 4.16. The third-order valence-electron chi connectivity index (χ3n) is 2.09. The first-order valence-corrected chi connectivity index (χ1v) is 5.12. The Morgan fingerprint density at radius 1 is 1.15 bits per heavy atom. The molecule has 13 heavy (non-hydrogen) atoms. The number of hydrogen-bond acceptors (Lipinski definition) is 1. The Bertz CT molecular complexity index is 349. The normalized spacial score (nSPS) is 15.6. The van der Waals surface area contributed by atoms with E-state index in [1.54, 1.807) is 0 Å². The predicted octanol–water partition coefficient (Wildman–Crippen LogP) is 3.65. The van der Waals surface area contributed by atoms with Crippen LogP contribution in [0.3, 0.4) is 0 Å². The zero-order chi connectivity index (χ0) is 9.10. The van der Waals surface area contributed by atoms with Gasteiger partial charge in [0.25, 0.3) is 0 Å². The summed E-state index contributed by atoms with van der Waals surface area (Å²) >= 11 is 3.42. The van der Waals surface area contributed by atoms with Crippen LogP contribution in [0, 0.1) is 0 Å². The summed E-state index contributed by atoms with van der Waals surface area (Å²) in [6, 6.07) is 8.37. The number of nitrogens with zero attached hydrogens (tertiary/aromatic N) is 1. The van der Waals surface area contributed by atoms with Gasteiger partial charge in [-0.2, -0.15) is 0 Å². The molecule has 0 bridgehead atoms. The molecule has 0 aromatic heterocycles. The quantitative estimate of drug-likeness (QED) is 0.705. The summed E-state index contributed by atoms with van der Waals surface area (Å²) in [6.45, 7) is 0. The Balaban J connectivity index is 2.30. The third-order valence-corrected chi connectivity index (χ3v) is 2.62. The van der Waals surface area contributed by atoms with Crippen molar-refractivity contribution in [3.05, 3.63) is 40.5 Å². The summed E-state index contributed by atoms with van der Waals surface area (Å²) in [4.78, 5) is 4.16. The molecule has 0 amide bonds. The lowest BCUT2D eigenvalue weighted by Crippen LogP contribution is -1.89. The summed E-state index contributed by atoms with van der Waals surface area (Å²) in [5, 5.41) is 0. The standard InChI is InChI=1S/C11H10BrN/c12-11-5-3-9(4-6-11)10-2-1-7-13-8-10/h3-8H,1-2H2. The van der Waals surface area contributed by atoms with Gasteiger partial charge in [0.15, 0.2) is 0 Å². The van der Waals surface area contributed by atoms with Gasteiger partial charge in [0.1, 0.15) is 0 Å². The third kappa shape index (κ3) is 2.07. The molecule has 66 valence electrons. The van der Waals surface area contributed by atoms with Gasteiger partial charge < -0.3 is 0 Å². The molecule has 0 unspecified atom stereocenters. The SMILES string of the molecule is Brc1ccc(C2=CN=CCC2)cc1. The Morgan fingerprint density at radius 2 is 1.92 bits per heavy atom. The van der Waals surface area contributed by atoms with E-state index in [1.807, 2.05) is 12.4 Å². The van der Waals surface area contributed by atoms with Crippen LogP contribution in [0.25, 0.3) is 5.57 Å². The first-order chi connectivity index (χ1) is 6.36. The Labute approximate surface area is 86.3 Å². The molecule has 0 fully saturated rings. The minimum atomic E-state index is 1.06. The van der Waals surface area contributed by atoms with Crippen molar-refractivity contribution in [2.24, 2.45) is 4.99 Å². The van der Waals surface area contributed by atoms with Gasteiger partial charge in [-0.1, -0.05) is 28.1 Å². The minimum Gasteiger partial charge on any atom is -0.269 e. The molecule has 0 saturated heterocycles. The fourth-order valence-electron chi connectivity index (χ4n) is 1.38.